The summed E-state index contributed by atoms with van der Waals surface area (Å²) in [6.45, 7) is 4.09. The second-order valence-corrected chi connectivity index (χ2v) is 4.69. The second-order valence-electron chi connectivity index (χ2n) is 4.69. The van der Waals surface area contributed by atoms with Crippen LogP contribution in [0.25, 0.3) is 10.8 Å². The van der Waals surface area contributed by atoms with Crippen LogP contribution < -0.4 is 4.74 Å². The third-order valence-corrected chi connectivity index (χ3v) is 3.18. The van der Waals surface area contributed by atoms with Gasteiger partial charge in [0.1, 0.15) is 5.75 Å². The summed E-state index contributed by atoms with van der Waals surface area (Å²) in [5, 5.41) is 11.0. The Morgan fingerprint density at radius 1 is 1.10 bits per heavy atom. The van der Waals surface area contributed by atoms with Gasteiger partial charge < -0.3 is 9.84 Å². The first-order valence-electron chi connectivity index (χ1n) is 6.70. The summed E-state index contributed by atoms with van der Waals surface area (Å²) in [6, 6.07) is 14.1. The second kappa shape index (κ2) is 6.75. The Morgan fingerprint density at radius 3 is 2.65 bits per heavy atom. The molecule has 2 aromatic rings. The van der Waals surface area contributed by atoms with Gasteiger partial charge in [0.25, 0.3) is 0 Å². The van der Waals surface area contributed by atoms with Gasteiger partial charge in [-0.15, -0.1) is 0 Å². The molecule has 0 radical (unpaired) electrons. The minimum absolute atomic E-state index is 0.259. The monoisotopic (exact) mass is 270 g/mol. The van der Waals surface area contributed by atoms with E-state index in [1.165, 1.54) is 0 Å². The van der Waals surface area contributed by atoms with Crippen LogP contribution in [0.3, 0.4) is 0 Å². The quantitative estimate of drug-likeness (QED) is 0.610. The molecule has 0 bridgehead atoms. The number of aliphatic carboxylic acids is 1. The van der Waals surface area contributed by atoms with E-state index in [1.54, 1.807) is 0 Å². The summed E-state index contributed by atoms with van der Waals surface area (Å²) in [7, 11) is 0. The molecular formula is C17H18O3. The Labute approximate surface area is 118 Å². The highest BCUT2D eigenvalue weighted by Crippen LogP contribution is 2.25. The minimum atomic E-state index is -0.917. The fourth-order valence-electron chi connectivity index (χ4n) is 2.05. The zero-order chi connectivity index (χ0) is 14.4. The van der Waals surface area contributed by atoms with Crippen LogP contribution in [0.15, 0.2) is 54.6 Å². The number of hydrogen-bond acceptors (Lipinski definition) is 2. The van der Waals surface area contributed by atoms with E-state index in [0.717, 1.165) is 29.4 Å². The molecule has 0 saturated carbocycles. The van der Waals surface area contributed by atoms with E-state index >= 15 is 0 Å². The summed E-state index contributed by atoms with van der Waals surface area (Å²) < 4.78 is 5.78. The number of carboxylic acids is 1. The first-order valence-corrected chi connectivity index (χ1v) is 6.70. The first-order chi connectivity index (χ1) is 9.68. The molecule has 3 heteroatoms. The third kappa shape index (κ3) is 3.60. The van der Waals surface area contributed by atoms with Crippen LogP contribution in [-0.2, 0) is 4.79 Å². The van der Waals surface area contributed by atoms with Gasteiger partial charge in [0.2, 0.25) is 0 Å². The molecule has 1 N–H and O–H groups in total. The molecule has 0 aliphatic rings. The molecule has 0 aliphatic carbocycles. The molecule has 0 spiro atoms. The van der Waals surface area contributed by atoms with Gasteiger partial charge in [-0.25, -0.2) is 4.79 Å². The number of ether oxygens (including phenoxy) is 1. The van der Waals surface area contributed by atoms with Crippen LogP contribution in [0.1, 0.15) is 19.3 Å². The third-order valence-electron chi connectivity index (χ3n) is 3.18. The smallest absolute Gasteiger partial charge is 0.330 e. The van der Waals surface area contributed by atoms with Gasteiger partial charge in [0, 0.05) is 11.0 Å². The van der Waals surface area contributed by atoms with Gasteiger partial charge in [-0.05, 0) is 30.7 Å². The normalized spacial score (nSPS) is 10.4. The zero-order valence-electron chi connectivity index (χ0n) is 11.3. The molecule has 0 heterocycles. The largest absolute Gasteiger partial charge is 0.493 e. The number of rotatable bonds is 7. The van der Waals surface area contributed by atoms with Crippen molar-refractivity contribution >= 4 is 16.7 Å². The van der Waals surface area contributed by atoms with E-state index in [-0.39, 0.29) is 5.57 Å². The van der Waals surface area contributed by atoms with Crippen molar-refractivity contribution in [1.29, 1.82) is 0 Å². The maximum Gasteiger partial charge on any atom is 0.330 e. The Hall–Kier alpha value is -2.29. The summed E-state index contributed by atoms with van der Waals surface area (Å²) in [4.78, 5) is 10.6. The lowest BCUT2D eigenvalue weighted by Gasteiger charge is -2.09. The standard InChI is InChI=1S/C17H18O3/c1-13(17(18)19)7-4-5-12-20-16-11-6-9-14-8-2-3-10-15(14)16/h2-3,6,8-11H,1,4-5,7,12H2,(H,18,19). The molecule has 0 fully saturated rings. The highest BCUT2D eigenvalue weighted by atomic mass is 16.5. The number of fused-ring (bicyclic) bond motifs is 1. The molecule has 2 aromatic carbocycles. The van der Waals surface area contributed by atoms with Gasteiger partial charge in [0.15, 0.2) is 0 Å². The topological polar surface area (TPSA) is 46.5 Å². The predicted molar refractivity (Wildman–Crippen MR) is 80.1 cm³/mol. The average Bonchev–Trinajstić information content (AvgIpc) is 2.46. The van der Waals surface area contributed by atoms with Crippen molar-refractivity contribution in [3.05, 3.63) is 54.6 Å². The van der Waals surface area contributed by atoms with Gasteiger partial charge >= 0.3 is 5.97 Å². The molecule has 2 rings (SSSR count). The van der Waals surface area contributed by atoms with E-state index in [2.05, 4.69) is 18.7 Å². The van der Waals surface area contributed by atoms with Crippen molar-refractivity contribution in [1.82, 2.24) is 0 Å². The number of unbranched alkanes of at least 4 members (excludes halogenated alkanes) is 1. The molecule has 3 nitrogen and oxygen atoms in total. The predicted octanol–water partition coefficient (Wildman–Crippen LogP) is 4.03. The summed E-state index contributed by atoms with van der Waals surface area (Å²) in [5.74, 6) is -0.0415. The number of carboxylic acid groups (broad SMARTS) is 1. The lowest BCUT2D eigenvalue weighted by atomic mass is 10.1. The van der Waals surface area contributed by atoms with Gasteiger partial charge in [-0.1, -0.05) is 43.0 Å². The molecule has 0 aliphatic heterocycles. The first kappa shape index (κ1) is 14.1. The number of hydrogen-bond donors (Lipinski definition) is 1. The fraction of sp³-hybridized carbons (Fsp3) is 0.235. The van der Waals surface area contributed by atoms with Crippen molar-refractivity contribution in [3.8, 4) is 5.75 Å². The highest BCUT2D eigenvalue weighted by Gasteiger charge is 2.04. The van der Waals surface area contributed by atoms with Crippen molar-refractivity contribution < 1.29 is 14.6 Å². The number of carbonyl (C=O) groups is 1. The average molecular weight is 270 g/mol. The van der Waals surface area contributed by atoms with Crippen LogP contribution in [0.5, 0.6) is 5.75 Å². The number of benzene rings is 2. The Kier molecular flexibility index (Phi) is 4.77. The molecule has 0 saturated heterocycles. The lowest BCUT2D eigenvalue weighted by molar-refractivity contribution is -0.132. The molecule has 0 unspecified atom stereocenters. The van der Waals surface area contributed by atoms with Crippen LogP contribution in [0, 0.1) is 0 Å². The van der Waals surface area contributed by atoms with E-state index < -0.39 is 5.97 Å². The van der Waals surface area contributed by atoms with E-state index in [1.807, 2.05) is 30.3 Å². The summed E-state index contributed by atoms with van der Waals surface area (Å²) in [5.41, 5.74) is 0.259. The zero-order valence-corrected chi connectivity index (χ0v) is 11.3. The lowest BCUT2D eigenvalue weighted by Crippen LogP contribution is -2.01. The molecule has 20 heavy (non-hydrogen) atoms. The maximum absolute atomic E-state index is 10.6. The van der Waals surface area contributed by atoms with Gasteiger partial charge in [0.05, 0.1) is 6.61 Å². The van der Waals surface area contributed by atoms with E-state index in [9.17, 15) is 4.79 Å². The van der Waals surface area contributed by atoms with E-state index in [0.29, 0.717) is 13.0 Å². The van der Waals surface area contributed by atoms with Crippen LogP contribution in [0.4, 0.5) is 0 Å². The van der Waals surface area contributed by atoms with Gasteiger partial charge in [-0.3, -0.25) is 0 Å². The van der Waals surface area contributed by atoms with Crippen LogP contribution >= 0.6 is 0 Å². The Bertz CT molecular complexity index is 611. The van der Waals surface area contributed by atoms with Crippen LogP contribution in [-0.4, -0.2) is 17.7 Å². The van der Waals surface area contributed by atoms with Gasteiger partial charge in [-0.2, -0.15) is 0 Å². The highest BCUT2D eigenvalue weighted by molar-refractivity contribution is 5.88. The van der Waals surface area contributed by atoms with Crippen molar-refractivity contribution in [2.45, 2.75) is 19.3 Å². The summed E-state index contributed by atoms with van der Waals surface area (Å²) in [6.07, 6.45) is 2.10. The molecule has 0 aromatic heterocycles. The van der Waals surface area contributed by atoms with Crippen LogP contribution in [0.2, 0.25) is 0 Å². The van der Waals surface area contributed by atoms with Crippen molar-refractivity contribution in [3.63, 3.8) is 0 Å². The minimum Gasteiger partial charge on any atom is -0.493 e. The molecular weight excluding hydrogens is 252 g/mol. The van der Waals surface area contributed by atoms with Crippen molar-refractivity contribution in [2.75, 3.05) is 6.61 Å². The Balaban J connectivity index is 1.84. The molecule has 104 valence electrons. The SMILES string of the molecule is C=C(CCCCOc1cccc2ccccc12)C(=O)O. The Morgan fingerprint density at radius 2 is 1.85 bits per heavy atom. The molecule has 0 amide bonds. The summed E-state index contributed by atoms with van der Waals surface area (Å²) >= 11 is 0. The van der Waals surface area contributed by atoms with E-state index in [4.69, 9.17) is 9.84 Å². The van der Waals surface area contributed by atoms with Crippen molar-refractivity contribution in [2.24, 2.45) is 0 Å². The molecule has 0 atom stereocenters. The maximum atomic E-state index is 10.6. The fourth-order valence-corrected chi connectivity index (χ4v) is 2.05.